The molecule has 0 aliphatic carbocycles. The Hall–Kier alpha value is -0.753. The second-order valence-corrected chi connectivity index (χ2v) is 8.37. The van der Waals surface area contributed by atoms with Crippen molar-refractivity contribution in [2.45, 2.75) is 45.2 Å². The summed E-state index contributed by atoms with van der Waals surface area (Å²) in [5, 5.41) is 0. The lowest BCUT2D eigenvalue weighted by molar-refractivity contribution is -0.697. The van der Waals surface area contributed by atoms with Crippen LogP contribution in [0.3, 0.4) is 0 Å². The number of unbranched alkanes of at least 4 members (excludes halogenated alkanes) is 1. The third-order valence-corrected chi connectivity index (χ3v) is 6.50. The van der Waals surface area contributed by atoms with E-state index in [1.165, 1.54) is 5.56 Å². The standard InChI is InChI=1S/C15H28NO3Si/c1-14(2)15-8-11-16(12-9-15)10-6-7-13-20(17-3,18-4)19-5/h8-9,11-12,14H,6-7,10,13H2,1-5H3/q+1. The van der Waals surface area contributed by atoms with Gasteiger partial charge in [-0.1, -0.05) is 13.8 Å². The maximum atomic E-state index is 5.42. The Morgan fingerprint density at radius 2 is 1.55 bits per heavy atom. The van der Waals surface area contributed by atoms with Gasteiger partial charge >= 0.3 is 8.80 Å². The fourth-order valence-corrected chi connectivity index (χ4v) is 3.99. The normalized spacial score (nSPS) is 12.1. The van der Waals surface area contributed by atoms with Crippen LogP contribution in [0.1, 0.15) is 38.2 Å². The van der Waals surface area contributed by atoms with Gasteiger partial charge in [0.2, 0.25) is 0 Å². The molecule has 0 amide bonds. The van der Waals surface area contributed by atoms with Gasteiger partial charge in [0.15, 0.2) is 12.4 Å². The Balaban J connectivity index is 2.37. The minimum absolute atomic E-state index is 0.585. The highest BCUT2D eigenvalue weighted by Crippen LogP contribution is 2.16. The lowest BCUT2D eigenvalue weighted by Gasteiger charge is -2.23. The van der Waals surface area contributed by atoms with Crippen molar-refractivity contribution in [3.8, 4) is 0 Å². The van der Waals surface area contributed by atoms with Crippen molar-refractivity contribution in [1.82, 2.24) is 0 Å². The minimum atomic E-state index is -2.39. The van der Waals surface area contributed by atoms with Crippen LogP contribution < -0.4 is 4.57 Å². The van der Waals surface area contributed by atoms with Crippen molar-refractivity contribution < 1.29 is 17.8 Å². The molecule has 0 radical (unpaired) electrons. The highest BCUT2D eigenvalue weighted by molar-refractivity contribution is 6.60. The van der Waals surface area contributed by atoms with Gasteiger partial charge in [-0.3, -0.25) is 0 Å². The Morgan fingerprint density at radius 3 is 2.00 bits per heavy atom. The van der Waals surface area contributed by atoms with Gasteiger partial charge in [-0.05, 0) is 17.9 Å². The van der Waals surface area contributed by atoms with Crippen molar-refractivity contribution >= 4 is 8.80 Å². The Labute approximate surface area is 124 Å². The highest BCUT2D eigenvalue weighted by atomic mass is 28.4. The van der Waals surface area contributed by atoms with Crippen LogP contribution in [-0.4, -0.2) is 30.1 Å². The summed E-state index contributed by atoms with van der Waals surface area (Å²) in [7, 11) is 2.61. The molecule has 1 aromatic rings. The summed E-state index contributed by atoms with van der Waals surface area (Å²) in [5.74, 6) is 0.585. The van der Waals surface area contributed by atoms with E-state index in [9.17, 15) is 0 Å². The quantitative estimate of drug-likeness (QED) is 0.399. The third-order valence-electron chi connectivity index (χ3n) is 3.67. The summed E-state index contributed by atoms with van der Waals surface area (Å²) in [6.07, 6.45) is 6.45. The largest absolute Gasteiger partial charge is 0.500 e. The second kappa shape index (κ2) is 8.52. The first-order chi connectivity index (χ1) is 9.56. The summed E-state index contributed by atoms with van der Waals surface area (Å²) < 4.78 is 18.5. The summed E-state index contributed by atoms with van der Waals surface area (Å²) in [4.78, 5) is 0. The van der Waals surface area contributed by atoms with E-state index in [-0.39, 0.29) is 0 Å². The van der Waals surface area contributed by atoms with Crippen LogP contribution in [0.4, 0.5) is 0 Å². The van der Waals surface area contributed by atoms with Crippen LogP contribution in [-0.2, 0) is 19.8 Å². The molecule has 20 heavy (non-hydrogen) atoms. The zero-order valence-corrected chi connectivity index (χ0v) is 14.4. The van der Waals surface area contributed by atoms with Crippen molar-refractivity contribution in [3.05, 3.63) is 30.1 Å². The molecule has 0 N–H and O–H groups in total. The zero-order chi connectivity index (χ0) is 15.0. The van der Waals surface area contributed by atoms with E-state index in [0.717, 1.165) is 25.4 Å². The number of pyridine rings is 1. The van der Waals surface area contributed by atoms with Gasteiger partial charge in [-0.25, -0.2) is 4.57 Å². The first-order valence-corrected chi connectivity index (χ1v) is 9.14. The molecule has 0 saturated heterocycles. The first-order valence-electron chi connectivity index (χ1n) is 7.21. The molecule has 0 saturated carbocycles. The van der Waals surface area contributed by atoms with Gasteiger partial charge < -0.3 is 13.3 Å². The molecular weight excluding hydrogens is 270 g/mol. The van der Waals surface area contributed by atoms with Crippen molar-refractivity contribution in [2.75, 3.05) is 21.3 Å². The molecule has 0 bridgehead atoms. The molecule has 0 aliphatic heterocycles. The number of rotatable bonds is 9. The molecular formula is C15H28NO3Si+. The van der Waals surface area contributed by atoms with E-state index >= 15 is 0 Å². The molecule has 0 aliphatic rings. The summed E-state index contributed by atoms with van der Waals surface area (Å²) in [5.41, 5.74) is 1.38. The van der Waals surface area contributed by atoms with Gasteiger partial charge in [0.1, 0.15) is 6.54 Å². The number of hydrogen-bond acceptors (Lipinski definition) is 3. The number of nitrogens with zero attached hydrogens (tertiary/aromatic N) is 1. The minimum Gasteiger partial charge on any atom is -0.377 e. The lowest BCUT2D eigenvalue weighted by atomic mass is 10.1. The SMILES string of the molecule is CO[Si](CCCC[n+]1ccc(C(C)C)cc1)(OC)OC. The van der Waals surface area contributed by atoms with Crippen LogP contribution in [0.2, 0.25) is 6.04 Å². The molecule has 114 valence electrons. The second-order valence-electron chi connectivity index (χ2n) is 5.28. The van der Waals surface area contributed by atoms with Gasteiger partial charge in [0.05, 0.1) is 0 Å². The molecule has 0 spiro atoms. The molecule has 0 fully saturated rings. The van der Waals surface area contributed by atoms with E-state index in [0.29, 0.717) is 5.92 Å². The van der Waals surface area contributed by atoms with E-state index in [4.69, 9.17) is 13.3 Å². The molecule has 0 aromatic carbocycles. The average Bonchev–Trinajstić information content (AvgIpc) is 2.49. The molecule has 1 heterocycles. The van der Waals surface area contributed by atoms with E-state index in [2.05, 4.69) is 42.9 Å². The summed E-state index contributed by atoms with van der Waals surface area (Å²) in [6, 6.07) is 5.26. The van der Waals surface area contributed by atoms with Crippen LogP contribution in [0.5, 0.6) is 0 Å². The van der Waals surface area contributed by atoms with E-state index in [1.807, 2.05) is 0 Å². The number of aryl methyl sites for hydroxylation is 1. The maximum absolute atomic E-state index is 5.42. The Bertz CT molecular complexity index is 369. The molecule has 1 rings (SSSR count). The first kappa shape index (κ1) is 17.3. The van der Waals surface area contributed by atoms with Crippen molar-refractivity contribution in [1.29, 1.82) is 0 Å². The third kappa shape index (κ3) is 4.98. The lowest BCUT2D eigenvalue weighted by Crippen LogP contribution is -2.42. The van der Waals surface area contributed by atoms with Crippen LogP contribution in [0, 0.1) is 0 Å². The van der Waals surface area contributed by atoms with Crippen LogP contribution in [0.25, 0.3) is 0 Å². The van der Waals surface area contributed by atoms with Crippen LogP contribution in [0.15, 0.2) is 24.5 Å². The zero-order valence-electron chi connectivity index (χ0n) is 13.4. The van der Waals surface area contributed by atoms with Crippen molar-refractivity contribution in [3.63, 3.8) is 0 Å². The number of aromatic nitrogens is 1. The topological polar surface area (TPSA) is 31.6 Å². The van der Waals surface area contributed by atoms with Gasteiger partial charge in [0.25, 0.3) is 0 Å². The predicted octanol–water partition coefficient (Wildman–Crippen LogP) is 2.76. The van der Waals surface area contributed by atoms with Crippen LogP contribution >= 0.6 is 0 Å². The van der Waals surface area contributed by atoms with E-state index in [1.54, 1.807) is 21.3 Å². The van der Waals surface area contributed by atoms with Gasteiger partial charge in [-0.2, -0.15) is 0 Å². The average molecular weight is 298 g/mol. The summed E-state index contributed by atoms with van der Waals surface area (Å²) >= 11 is 0. The molecule has 4 nitrogen and oxygen atoms in total. The molecule has 0 atom stereocenters. The Kier molecular flexibility index (Phi) is 7.37. The maximum Gasteiger partial charge on any atom is 0.500 e. The smallest absolute Gasteiger partial charge is 0.377 e. The fraction of sp³-hybridized carbons (Fsp3) is 0.667. The Morgan fingerprint density at radius 1 is 1.00 bits per heavy atom. The highest BCUT2D eigenvalue weighted by Gasteiger charge is 2.36. The molecule has 5 heteroatoms. The monoisotopic (exact) mass is 298 g/mol. The van der Waals surface area contributed by atoms with E-state index < -0.39 is 8.80 Å². The fourth-order valence-electron chi connectivity index (χ4n) is 2.19. The summed E-state index contributed by atoms with van der Waals surface area (Å²) in [6.45, 7) is 5.44. The predicted molar refractivity (Wildman–Crippen MR) is 81.5 cm³/mol. The van der Waals surface area contributed by atoms with Gasteiger partial charge in [-0.15, -0.1) is 0 Å². The van der Waals surface area contributed by atoms with Crippen molar-refractivity contribution in [2.24, 2.45) is 0 Å². The van der Waals surface area contributed by atoms with Gasteiger partial charge in [0, 0.05) is 45.9 Å². The molecule has 0 unspecified atom stereocenters. The number of hydrogen-bond donors (Lipinski definition) is 0. The molecule has 1 aromatic heterocycles.